The lowest BCUT2D eigenvalue weighted by Crippen LogP contribution is -2.14. The Morgan fingerprint density at radius 2 is 1.93 bits per heavy atom. The van der Waals surface area contributed by atoms with Gasteiger partial charge in [0.05, 0.1) is 0 Å². The molecule has 1 N–H and O–H groups in total. The maximum Gasteiger partial charge on any atom is 0.133 e. The van der Waals surface area contributed by atoms with Gasteiger partial charge in [-0.3, -0.25) is 0 Å². The van der Waals surface area contributed by atoms with Gasteiger partial charge >= 0.3 is 0 Å². The van der Waals surface area contributed by atoms with Gasteiger partial charge in [0.25, 0.3) is 0 Å². The van der Waals surface area contributed by atoms with Gasteiger partial charge in [-0.05, 0) is 45.4 Å². The summed E-state index contributed by atoms with van der Waals surface area (Å²) in [5.41, 5.74) is 2.68. The normalized spacial score (nSPS) is 19.8. The number of nitrogens with one attached hydrogen (secondary N) is 1. The van der Waals surface area contributed by atoms with E-state index in [1.54, 1.807) is 0 Å². The molecule has 0 unspecified atom stereocenters. The molecule has 15 heavy (non-hydrogen) atoms. The van der Waals surface area contributed by atoms with Crippen molar-refractivity contribution in [1.82, 2.24) is 9.97 Å². The van der Waals surface area contributed by atoms with E-state index in [4.69, 9.17) is 0 Å². The number of hydrogen-bond donors (Lipinski definition) is 1. The van der Waals surface area contributed by atoms with E-state index >= 15 is 0 Å². The molecule has 1 aromatic rings. The summed E-state index contributed by atoms with van der Waals surface area (Å²) >= 11 is 0. The van der Waals surface area contributed by atoms with Crippen molar-refractivity contribution >= 4 is 5.82 Å². The van der Waals surface area contributed by atoms with Crippen LogP contribution in [0.25, 0.3) is 0 Å². The highest BCUT2D eigenvalue weighted by atomic mass is 15.1. The minimum atomic E-state index is 0.685. The van der Waals surface area contributed by atoms with Crippen LogP contribution in [0, 0.1) is 6.92 Å². The Morgan fingerprint density at radius 3 is 2.73 bits per heavy atom. The standard InChI is InChI=1S/C12H17N3/c1-8-13-11-5-3-2-4-10(11)12(14-8)15-9-6-7-9/h9H,2-7H2,1H3,(H,13,14,15). The van der Waals surface area contributed by atoms with Crippen LogP contribution in [-0.4, -0.2) is 16.0 Å². The Morgan fingerprint density at radius 1 is 1.13 bits per heavy atom. The van der Waals surface area contributed by atoms with Gasteiger partial charge in [-0.25, -0.2) is 9.97 Å². The van der Waals surface area contributed by atoms with E-state index in [-0.39, 0.29) is 0 Å². The largest absolute Gasteiger partial charge is 0.367 e. The van der Waals surface area contributed by atoms with Crippen molar-refractivity contribution in [3.63, 3.8) is 0 Å². The zero-order chi connectivity index (χ0) is 10.3. The van der Waals surface area contributed by atoms with Crippen LogP contribution in [0.15, 0.2) is 0 Å². The molecule has 0 radical (unpaired) electrons. The van der Waals surface area contributed by atoms with E-state index in [0.717, 1.165) is 24.5 Å². The van der Waals surface area contributed by atoms with Crippen LogP contribution in [0.2, 0.25) is 0 Å². The van der Waals surface area contributed by atoms with E-state index in [1.165, 1.54) is 36.9 Å². The third-order valence-corrected chi connectivity index (χ3v) is 3.21. The van der Waals surface area contributed by atoms with Crippen molar-refractivity contribution in [1.29, 1.82) is 0 Å². The van der Waals surface area contributed by atoms with E-state index < -0.39 is 0 Å². The first-order valence-corrected chi connectivity index (χ1v) is 5.96. The summed E-state index contributed by atoms with van der Waals surface area (Å²) < 4.78 is 0. The Bertz CT molecular complexity index is 383. The van der Waals surface area contributed by atoms with Gasteiger partial charge in [0, 0.05) is 17.3 Å². The highest BCUT2D eigenvalue weighted by molar-refractivity contribution is 5.49. The van der Waals surface area contributed by atoms with Crippen molar-refractivity contribution in [3.05, 3.63) is 17.1 Å². The zero-order valence-corrected chi connectivity index (χ0v) is 9.21. The SMILES string of the molecule is Cc1nc2c(c(NC3CC3)n1)CCCC2. The molecular formula is C12H17N3. The van der Waals surface area contributed by atoms with E-state index in [2.05, 4.69) is 15.3 Å². The number of fused-ring (bicyclic) bond motifs is 1. The fourth-order valence-electron chi connectivity index (χ4n) is 2.26. The number of hydrogen-bond acceptors (Lipinski definition) is 3. The molecule has 3 rings (SSSR count). The zero-order valence-electron chi connectivity index (χ0n) is 9.21. The smallest absolute Gasteiger partial charge is 0.133 e. The molecule has 0 amide bonds. The molecule has 1 aromatic heterocycles. The summed E-state index contributed by atoms with van der Waals surface area (Å²) in [7, 11) is 0. The molecule has 1 fully saturated rings. The van der Waals surface area contributed by atoms with E-state index in [9.17, 15) is 0 Å². The van der Waals surface area contributed by atoms with E-state index in [0.29, 0.717) is 6.04 Å². The second-order valence-electron chi connectivity index (χ2n) is 4.67. The van der Waals surface area contributed by atoms with Crippen LogP contribution in [0.4, 0.5) is 5.82 Å². The highest BCUT2D eigenvalue weighted by Crippen LogP contribution is 2.30. The minimum absolute atomic E-state index is 0.685. The first-order valence-electron chi connectivity index (χ1n) is 5.96. The van der Waals surface area contributed by atoms with Crippen molar-refractivity contribution in [2.75, 3.05) is 5.32 Å². The Hall–Kier alpha value is -1.12. The molecule has 0 aliphatic heterocycles. The van der Waals surface area contributed by atoms with Crippen molar-refractivity contribution in [2.45, 2.75) is 51.5 Å². The maximum absolute atomic E-state index is 4.55. The number of anilines is 1. The highest BCUT2D eigenvalue weighted by Gasteiger charge is 2.24. The van der Waals surface area contributed by atoms with E-state index in [1.807, 2.05) is 6.92 Å². The lowest BCUT2D eigenvalue weighted by molar-refractivity contribution is 0.659. The number of aromatic nitrogens is 2. The second-order valence-corrected chi connectivity index (χ2v) is 4.67. The molecule has 0 atom stereocenters. The summed E-state index contributed by atoms with van der Waals surface area (Å²) in [5.74, 6) is 2.04. The van der Waals surface area contributed by atoms with Crippen LogP contribution < -0.4 is 5.32 Å². The minimum Gasteiger partial charge on any atom is -0.367 e. The summed E-state index contributed by atoms with van der Waals surface area (Å²) in [6.07, 6.45) is 7.48. The third-order valence-electron chi connectivity index (χ3n) is 3.21. The molecule has 2 aliphatic rings. The molecule has 2 aliphatic carbocycles. The first-order chi connectivity index (χ1) is 7.33. The van der Waals surface area contributed by atoms with Crippen LogP contribution in [-0.2, 0) is 12.8 Å². The molecule has 0 spiro atoms. The summed E-state index contributed by atoms with van der Waals surface area (Å²) in [6.45, 7) is 1.99. The second kappa shape index (κ2) is 3.47. The molecule has 1 heterocycles. The fourth-order valence-corrected chi connectivity index (χ4v) is 2.26. The summed E-state index contributed by atoms with van der Waals surface area (Å²) in [5, 5.41) is 3.53. The Balaban J connectivity index is 1.98. The topological polar surface area (TPSA) is 37.8 Å². The molecule has 0 saturated heterocycles. The third kappa shape index (κ3) is 1.83. The molecule has 0 aromatic carbocycles. The van der Waals surface area contributed by atoms with Gasteiger partial charge in [0.1, 0.15) is 11.6 Å². The predicted molar refractivity (Wildman–Crippen MR) is 60.1 cm³/mol. The van der Waals surface area contributed by atoms with Crippen LogP contribution >= 0.6 is 0 Å². The molecular weight excluding hydrogens is 186 g/mol. The quantitative estimate of drug-likeness (QED) is 0.801. The summed E-state index contributed by atoms with van der Waals surface area (Å²) in [4.78, 5) is 9.10. The first kappa shape index (κ1) is 9.13. The molecule has 3 nitrogen and oxygen atoms in total. The van der Waals surface area contributed by atoms with Crippen molar-refractivity contribution in [2.24, 2.45) is 0 Å². The van der Waals surface area contributed by atoms with Gasteiger partial charge in [-0.1, -0.05) is 0 Å². The van der Waals surface area contributed by atoms with Gasteiger partial charge in [-0.15, -0.1) is 0 Å². The van der Waals surface area contributed by atoms with Gasteiger partial charge < -0.3 is 5.32 Å². The monoisotopic (exact) mass is 203 g/mol. The van der Waals surface area contributed by atoms with Crippen LogP contribution in [0.3, 0.4) is 0 Å². The molecule has 1 saturated carbocycles. The van der Waals surface area contributed by atoms with Gasteiger partial charge in [-0.2, -0.15) is 0 Å². The Kier molecular flexibility index (Phi) is 2.11. The van der Waals surface area contributed by atoms with Crippen molar-refractivity contribution < 1.29 is 0 Å². The number of aryl methyl sites for hydroxylation is 2. The molecule has 80 valence electrons. The van der Waals surface area contributed by atoms with Crippen LogP contribution in [0.1, 0.15) is 42.8 Å². The average Bonchev–Trinajstić information content (AvgIpc) is 3.01. The number of nitrogens with zero attached hydrogens (tertiary/aromatic N) is 2. The lowest BCUT2D eigenvalue weighted by atomic mass is 9.96. The molecule has 0 bridgehead atoms. The summed E-state index contributed by atoms with van der Waals surface area (Å²) in [6, 6.07) is 0.685. The average molecular weight is 203 g/mol. The predicted octanol–water partition coefficient (Wildman–Crippen LogP) is 2.24. The number of rotatable bonds is 2. The fraction of sp³-hybridized carbons (Fsp3) is 0.667. The maximum atomic E-state index is 4.55. The Labute approximate surface area is 90.3 Å². The van der Waals surface area contributed by atoms with Crippen molar-refractivity contribution in [3.8, 4) is 0 Å². The molecule has 3 heteroatoms. The van der Waals surface area contributed by atoms with Gasteiger partial charge in [0.15, 0.2) is 0 Å². The van der Waals surface area contributed by atoms with Crippen LogP contribution in [0.5, 0.6) is 0 Å². The lowest BCUT2D eigenvalue weighted by Gasteiger charge is -2.19. The van der Waals surface area contributed by atoms with Gasteiger partial charge in [0.2, 0.25) is 0 Å².